The van der Waals surface area contributed by atoms with E-state index in [0.29, 0.717) is 5.56 Å². The quantitative estimate of drug-likeness (QED) is 0.610. The Kier molecular flexibility index (Phi) is 4.08. The molecular formula is C10H12N3O2. The molecule has 2 atom stereocenters. The van der Waals surface area contributed by atoms with Crippen molar-refractivity contribution >= 4 is 12.1 Å². The van der Waals surface area contributed by atoms with Crippen LogP contribution >= 0.6 is 0 Å². The number of nitrogens with two attached hydrogens (primary N) is 2. The van der Waals surface area contributed by atoms with Crippen LogP contribution in [-0.2, 0) is 9.59 Å². The molecule has 5 nitrogen and oxygen atoms in total. The largest absolute Gasteiger partial charge is 0.328 e. The minimum absolute atomic E-state index is 0.0112. The third-order valence-corrected chi connectivity index (χ3v) is 2.04. The SMILES string of the molecule is NCC(N)C(=O)C([C]=O)c1cccnc1. The second-order valence-corrected chi connectivity index (χ2v) is 3.08. The summed E-state index contributed by atoms with van der Waals surface area (Å²) in [4.78, 5) is 26.1. The summed E-state index contributed by atoms with van der Waals surface area (Å²) in [6, 6.07) is 2.43. The first-order valence-corrected chi connectivity index (χ1v) is 4.47. The summed E-state index contributed by atoms with van der Waals surface area (Å²) in [5, 5.41) is 0. The van der Waals surface area contributed by atoms with Gasteiger partial charge in [-0.2, -0.15) is 0 Å². The second kappa shape index (κ2) is 5.33. The summed E-state index contributed by atoms with van der Waals surface area (Å²) in [6.45, 7) is 0.0112. The Morgan fingerprint density at radius 1 is 1.60 bits per heavy atom. The predicted octanol–water partition coefficient (Wildman–Crippen LogP) is -0.870. The molecule has 0 saturated carbocycles. The summed E-state index contributed by atoms with van der Waals surface area (Å²) >= 11 is 0. The molecule has 1 aromatic heterocycles. The van der Waals surface area contributed by atoms with Crippen LogP contribution < -0.4 is 11.5 Å². The average Bonchev–Trinajstić information content (AvgIpc) is 2.30. The van der Waals surface area contributed by atoms with Crippen LogP contribution in [0.25, 0.3) is 0 Å². The number of rotatable bonds is 5. The molecule has 1 rings (SSSR count). The summed E-state index contributed by atoms with van der Waals surface area (Å²) in [5.74, 6) is -1.42. The molecule has 1 heterocycles. The number of nitrogens with zero attached hydrogens (tertiary/aromatic N) is 1. The van der Waals surface area contributed by atoms with Gasteiger partial charge in [0.05, 0.1) is 6.04 Å². The fraction of sp³-hybridized carbons (Fsp3) is 0.300. The smallest absolute Gasteiger partial charge is 0.214 e. The van der Waals surface area contributed by atoms with Crippen molar-refractivity contribution < 1.29 is 9.59 Å². The summed E-state index contributed by atoms with van der Waals surface area (Å²) < 4.78 is 0. The van der Waals surface area contributed by atoms with Crippen molar-refractivity contribution in [1.29, 1.82) is 0 Å². The Balaban J connectivity index is 2.90. The molecule has 2 unspecified atom stereocenters. The van der Waals surface area contributed by atoms with Gasteiger partial charge in [0.15, 0.2) is 5.78 Å². The van der Waals surface area contributed by atoms with Gasteiger partial charge in [-0.1, -0.05) is 6.07 Å². The third kappa shape index (κ3) is 2.68. The van der Waals surface area contributed by atoms with Gasteiger partial charge in [0.1, 0.15) is 5.92 Å². The van der Waals surface area contributed by atoms with Crippen LogP contribution in [0.5, 0.6) is 0 Å². The maximum absolute atomic E-state index is 11.6. The number of pyridine rings is 1. The number of carbonyl (C=O) groups excluding carboxylic acids is 2. The summed E-state index contributed by atoms with van der Waals surface area (Å²) in [5.41, 5.74) is 11.2. The molecular weight excluding hydrogens is 194 g/mol. The van der Waals surface area contributed by atoms with E-state index in [4.69, 9.17) is 11.5 Å². The fourth-order valence-corrected chi connectivity index (χ4v) is 1.17. The Morgan fingerprint density at radius 2 is 2.33 bits per heavy atom. The van der Waals surface area contributed by atoms with Gasteiger partial charge in [-0.25, -0.2) is 0 Å². The van der Waals surface area contributed by atoms with Gasteiger partial charge in [0.2, 0.25) is 6.29 Å². The Hall–Kier alpha value is -1.59. The number of hydrogen-bond donors (Lipinski definition) is 2. The highest BCUT2D eigenvalue weighted by atomic mass is 16.1. The highest BCUT2D eigenvalue weighted by molar-refractivity contribution is 6.02. The molecule has 0 aliphatic rings. The lowest BCUT2D eigenvalue weighted by molar-refractivity contribution is -0.120. The molecule has 0 fully saturated rings. The van der Waals surface area contributed by atoms with Crippen molar-refractivity contribution in [2.45, 2.75) is 12.0 Å². The third-order valence-electron chi connectivity index (χ3n) is 2.04. The monoisotopic (exact) mass is 206 g/mol. The van der Waals surface area contributed by atoms with Crippen molar-refractivity contribution in [3.8, 4) is 0 Å². The number of Topliss-reactive ketones (excluding diaryl/α,β-unsaturated/α-hetero) is 1. The van der Waals surface area contributed by atoms with E-state index < -0.39 is 17.7 Å². The first kappa shape index (κ1) is 11.5. The standard InChI is InChI=1S/C10H12N3O2/c11-4-9(12)10(15)8(6-14)7-2-1-3-13-5-7/h1-3,5,8-9H,4,11-12H2. The van der Waals surface area contributed by atoms with E-state index in [9.17, 15) is 9.59 Å². The van der Waals surface area contributed by atoms with Crippen molar-refractivity contribution in [2.75, 3.05) is 6.54 Å². The Bertz CT molecular complexity index is 340. The van der Waals surface area contributed by atoms with Crippen molar-refractivity contribution in [3.05, 3.63) is 30.1 Å². The minimum Gasteiger partial charge on any atom is -0.328 e. The molecule has 79 valence electrons. The van der Waals surface area contributed by atoms with E-state index in [1.54, 1.807) is 24.6 Å². The van der Waals surface area contributed by atoms with Crippen molar-refractivity contribution in [3.63, 3.8) is 0 Å². The van der Waals surface area contributed by atoms with E-state index in [2.05, 4.69) is 4.98 Å². The topological polar surface area (TPSA) is 99.1 Å². The number of aromatic nitrogens is 1. The normalized spacial score (nSPS) is 14.3. The lowest BCUT2D eigenvalue weighted by atomic mass is 9.93. The molecule has 0 aliphatic heterocycles. The van der Waals surface area contributed by atoms with Gasteiger partial charge in [0, 0.05) is 18.9 Å². The van der Waals surface area contributed by atoms with Gasteiger partial charge in [0.25, 0.3) is 0 Å². The van der Waals surface area contributed by atoms with Crippen LogP contribution in [0, 0.1) is 0 Å². The first-order chi connectivity index (χ1) is 7.20. The first-order valence-electron chi connectivity index (χ1n) is 4.47. The van der Waals surface area contributed by atoms with Crippen LogP contribution in [0.2, 0.25) is 0 Å². The van der Waals surface area contributed by atoms with E-state index in [1.807, 2.05) is 0 Å². The molecule has 0 amide bonds. The molecule has 0 saturated heterocycles. The van der Waals surface area contributed by atoms with Crippen LogP contribution in [0.4, 0.5) is 0 Å². The number of carbonyl (C=O) groups is 1. The van der Waals surface area contributed by atoms with Gasteiger partial charge in [-0.3, -0.25) is 14.6 Å². The van der Waals surface area contributed by atoms with Crippen LogP contribution in [0.15, 0.2) is 24.5 Å². The molecule has 1 radical (unpaired) electrons. The molecule has 0 bridgehead atoms. The summed E-state index contributed by atoms with van der Waals surface area (Å²) in [6.07, 6.45) is 4.65. The van der Waals surface area contributed by atoms with Gasteiger partial charge >= 0.3 is 0 Å². The van der Waals surface area contributed by atoms with Crippen LogP contribution in [0.1, 0.15) is 11.5 Å². The maximum atomic E-state index is 11.6. The zero-order valence-corrected chi connectivity index (χ0v) is 8.09. The predicted molar refractivity (Wildman–Crippen MR) is 54.7 cm³/mol. The number of hydrogen-bond acceptors (Lipinski definition) is 5. The zero-order chi connectivity index (χ0) is 11.3. The lowest BCUT2D eigenvalue weighted by Crippen LogP contribution is -2.41. The molecule has 15 heavy (non-hydrogen) atoms. The summed E-state index contributed by atoms with van der Waals surface area (Å²) in [7, 11) is 0. The maximum Gasteiger partial charge on any atom is 0.214 e. The highest BCUT2D eigenvalue weighted by Gasteiger charge is 2.25. The van der Waals surface area contributed by atoms with Crippen molar-refractivity contribution in [1.82, 2.24) is 4.98 Å². The second-order valence-electron chi connectivity index (χ2n) is 3.08. The highest BCUT2D eigenvalue weighted by Crippen LogP contribution is 2.13. The van der Waals surface area contributed by atoms with E-state index >= 15 is 0 Å². The van der Waals surface area contributed by atoms with E-state index in [-0.39, 0.29) is 6.54 Å². The molecule has 0 aromatic carbocycles. The van der Waals surface area contributed by atoms with Crippen LogP contribution in [0.3, 0.4) is 0 Å². The molecule has 4 N–H and O–H groups in total. The molecule has 1 aromatic rings. The minimum atomic E-state index is -0.989. The molecule has 0 aliphatic carbocycles. The van der Waals surface area contributed by atoms with E-state index in [1.165, 1.54) is 6.20 Å². The van der Waals surface area contributed by atoms with E-state index in [0.717, 1.165) is 0 Å². The molecule has 0 spiro atoms. The number of ketones is 1. The molecule has 5 heteroatoms. The van der Waals surface area contributed by atoms with Crippen molar-refractivity contribution in [2.24, 2.45) is 11.5 Å². The fourth-order valence-electron chi connectivity index (χ4n) is 1.17. The van der Waals surface area contributed by atoms with Gasteiger partial charge < -0.3 is 11.5 Å². The van der Waals surface area contributed by atoms with Gasteiger partial charge in [-0.05, 0) is 11.6 Å². The average molecular weight is 206 g/mol. The Labute approximate surface area is 87.5 Å². The zero-order valence-electron chi connectivity index (χ0n) is 8.09. The lowest BCUT2D eigenvalue weighted by Gasteiger charge is -2.12. The Morgan fingerprint density at radius 3 is 2.80 bits per heavy atom. The van der Waals surface area contributed by atoms with Gasteiger partial charge in [-0.15, -0.1) is 0 Å². The van der Waals surface area contributed by atoms with Crippen LogP contribution in [-0.4, -0.2) is 29.6 Å².